The van der Waals surface area contributed by atoms with Crippen LogP contribution < -0.4 is 10.9 Å². The molecule has 3 aromatic carbocycles. The highest BCUT2D eigenvalue weighted by atomic mass is 35.5. The van der Waals surface area contributed by atoms with E-state index < -0.39 is 0 Å². The number of nitrogens with zero attached hydrogens (tertiary/aromatic N) is 4. The number of para-hydroxylation sites is 3. The Bertz CT molecular complexity index is 1850. The summed E-state index contributed by atoms with van der Waals surface area (Å²) < 4.78 is 3.85. The summed E-state index contributed by atoms with van der Waals surface area (Å²) in [5.41, 5.74) is 7.83. The van der Waals surface area contributed by atoms with Crippen molar-refractivity contribution in [2.75, 3.05) is 5.32 Å². The lowest BCUT2D eigenvalue weighted by molar-refractivity contribution is -0.114. The molecule has 6 rings (SSSR count). The first-order valence-corrected chi connectivity index (χ1v) is 12.1. The number of fused-ring (bicyclic) bond motifs is 2. The third-order valence-corrected chi connectivity index (χ3v) is 6.55. The summed E-state index contributed by atoms with van der Waals surface area (Å²) in [6.07, 6.45) is 3.42. The molecule has 0 bridgehead atoms. The first kappa shape index (κ1) is 22.8. The molecule has 9 heteroatoms. The number of benzene rings is 3. The molecule has 0 aliphatic heterocycles. The van der Waals surface area contributed by atoms with Crippen LogP contribution in [0.2, 0.25) is 5.02 Å². The van der Waals surface area contributed by atoms with Gasteiger partial charge in [0.1, 0.15) is 0 Å². The molecule has 0 spiro atoms. The number of rotatable bonds is 5. The number of imidazole rings is 2. The van der Waals surface area contributed by atoms with Crippen molar-refractivity contribution in [3.8, 4) is 16.9 Å². The van der Waals surface area contributed by atoms with Crippen LogP contribution >= 0.6 is 11.6 Å². The van der Waals surface area contributed by atoms with E-state index in [0.29, 0.717) is 28.6 Å². The Hall–Kier alpha value is -4.69. The van der Waals surface area contributed by atoms with Crippen LogP contribution in [0.5, 0.6) is 0 Å². The van der Waals surface area contributed by atoms with Gasteiger partial charge in [0.25, 0.3) is 0 Å². The van der Waals surface area contributed by atoms with Crippen LogP contribution in [0.1, 0.15) is 12.5 Å². The molecule has 0 aliphatic carbocycles. The second-order valence-corrected chi connectivity index (χ2v) is 9.16. The molecule has 0 unspecified atom stereocenters. The molecule has 3 N–H and O–H groups in total. The zero-order valence-electron chi connectivity index (χ0n) is 19.9. The molecule has 0 saturated carbocycles. The van der Waals surface area contributed by atoms with Crippen LogP contribution in [0.25, 0.3) is 39.0 Å². The maximum absolute atomic E-state index is 11.7. The van der Waals surface area contributed by atoms with Crippen LogP contribution in [-0.4, -0.2) is 30.0 Å². The monoisotopic (exact) mass is 507 g/mol. The standard InChI is InChI=1S/C28H22ClN7O/c1-17(37)34-23-11-9-19(29)13-21(23)22-12-10-20(14-31-22)36-26-8-3-2-7-25(26)35(28(36)30)15-18-5-4-6-24-27(18)33-16-32-24/h2-14,16,30H,15H2,1H3,(H,32,33)(H,34,37). The minimum atomic E-state index is -0.173. The van der Waals surface area contributed by atoms with E-state index in [9.17, 15) is 4.79 Å². The van der Waals surface area contributed by atoms with Gasteiger partial charge in [-0.15, -0.1) is 0 Å². The second kappa shape index (κ2) is 9.07. The molecule has 6 aromatic rings. The Morgan fingerprint density at radius 2 is 1.86 bits per heavy atom. The predicted octanol–water partition coefficient (Wildman–Crippen LogP) is 5.51. The minimum absolute atomic E-state index is 0.173. The molecule has 0 radical (unpaired) electrons. The van der Waals surface area contributed by atoms with Gasteiger partial charge in [-0.3, -0.25) is 19.8 Å². The predicted molar refractivity (Wildman–Crippen MR) is 145 cm³/mol. The molecular weight excluding hydrogens is 486 g/mol. The molecule has 0 fully saturated rings. The second-order valence-electron chi connectivity index (χ2n) is 8.72. The number of H-pyrrole nitrogens is 1. The molecule has 3 aromatic heterocycles. The highest BCUT2D eigenvalue weighted by Crippen LogP contribution is 2.30. The van der Waals surface area contributed by atoms with Crippen molar-refractivity contribution < 1.29 is 4.79 Å². The van der Waals surface area contributed by atoms with Crippen LogP contribution in [0.3, 0.4) is 0 Å². The number of halogens is 1. The lowest BCUT2D eigenvalue weighted by Gasteiger charge is -2.11. The number of carbonyl (C=O) groups is 1. The number of pyridine rings is 1. The fourth-order valence-electron chi connectivity index (χ4n) is 4.68. The van der Waals surface area contributed by atoms with E-state index in [0.717, 1.165) is 38.9 Å². The van der Waals surface area contributed by atoms with Crippen molar-refractivity contribution in [2.24, 2.45) is 0 Å². The fraction of sp³-hybridized carbons (Fsp3) is 0.0714. The highest BCUT2D eigenvalue weighted by molar-refractivity contribution is 6.31. The smallest absolute Gasteiger partial charge is 0.221 e. The summed E-state index contributed by atoms with van der Waals surface area (Å²) in [7, 11) is 0. The van der Waals surface area contributed by atoms with Gasteiger partial charge in [-0.05, 0) is 54.1 Å². The van der Waals surface area contributed by atoms with Gasteiger partial charge in [-0.2, -0.15) is 0 Å². The Morgan fingerprint density at radius 3 is 2.65 bits per heavy atom. The van der Waals surface area contributed by atoms with Crippen LogP contribution in [-0.2, 0) is 11.3 Å². The van der Waals surface area contributed by atoms with E-state index >= 15 is 0 Å². The number of hydrogen-bond donors (Lipinski definition) is 3. The molecule has 0 saturated heterocycles. The highest BCUT2D eigenvalue weighted by Gasteiger charge is 2.15. The van der Waals surface area contributed by atoms with E-state index in [-0.39, 0.29) is 5.91 Å². The summed E-state index contributed by atoms with van der Waals surface area (Å²) in [5.74, 6) is -0.173. The number of anilines is 1. The van der Waals surface area contributed by atoms with Gasteiger partial charge < -0.3 is 14.9 Å². The molecule has 0 aliphatic rings. The summed E-state index contributed by atoms with van der Waals surface area (Å²) in [4.78, 5) is 24.0. The van der Waals surface area contributed by atoms with Crippen LogP contribution in [0.4, 0.5) is 5.69 Å². The summed E-state index contributed by atoms with van der Waals surface area (Å²) in [6, 6.07) is 23.0. The number of aromatic nitrogens is 5. The van der Waals surface area contributed by atoms with Gasteiger partial charge in [-0.25, -0.2) is 4.98 Å². The van der Waals surface area contributed by atoms with E-state index in [1.54, 1.807) is 30.7 Å². The topological polar surface area (TPSA) is 104 Å². The van der Waals surface area contributed by atoms with Crippen molar-refractivity contribution in [3.05, 3.63) is 102 Å². The number of nitrogens with one attached hydrogen (secondary N) is 3. The molecule has 37 heavy (non-hydrogen) atoms. The Labute approximate surface area is 216 Å². The quantitative estimate of drug-likeness (QED) is 0.286. The number of amides is 1. The van der Waals surface area contributed by atoms with Crippen molar-refractivity contribution >= 4 is 45.3 Å². The van der Waals surface area contributed by atoms with Crippen LogP contribution in [0, 0.1) is 5.41 Å². The lowest BCUT2D eigenvalue weighted by Crippen LogP contribution is -2.24. The minimum Gasteiger partial charge on any atom is -0.345 e. The van der Waals surface area contributed by atoms with Crippen LogP contribution in [0.15, 0.2) is 85.3 Å². The zero-order chi connectivity index (χ0) is 25.5. The van der Waals surface area contributed by atoms with Gasteiger partial charge in [0.15, 0.2) is 0 Å². The Kier molecular flexibility index (Phi) is 5.58. The summed E-state index contributed by atoms with van der Waals surface area (Å²) >= 11 is 6.24. The average Bonchev–Trinajstić information content (AvgIpc) is 3.49. The molecule has 8 nitrogen and oxygen atoms in total. The van der Waals surface area contributed by atoms with Gasteiger partial charge in [-0.1, -0.05) is 35.9 Å². The van der Waals surface area contributed by atoms with Gasteiger partial charge in [0.05, 0.1) is 58.2 Å². The van der Waals surface area contributed by atoms with Crippen molar-refractivity contribution in [2.45, 2.75) is 13.5 Å². The van der Waals surface area contributed by atoms with Crippen molar-refractivity contribution in [1.82, 2.24) is 24.1 Å². The number of aromatic amines is 1. The molecule has 3 heterocycles. The number of carbonyl (C=O) groups excluding carboxylic acids is 1. The van der Waals surface area contributed by atoms with Crippen molar-refractivity contribution in [1.29, 1.82) is 5.41 Å². The Morgan fingerprint density at radius 1 is 1.03 bits per heavy atom. The van der Waals surface area contributed by atoms with E-state index in [1.807, 2.05) is 63.7 Å². The Balaban J connectivity index is 1.44. The van der Waals surface area contributed by atoms with Crippen molar-refractivity contribution in [3.63, 3.8) is 0 Å². The molecule has 1 amide bonds. The lowest BCUT2D eigenvalue weighted by atomic mass is 10.1. The summed E-state index contributed by atoms with van der Waals surface area (Å²) in [6.45, 7) is 1.96. The first-order chi connectivity index (χ1) is 18.0. The van der Waals surface area contributed by atoms with E-state index in [1.165, 1.54) is 6.92 Å². The van der Waals surface area contributed by atoms with E-state index in [4.69, 9.17) is 17.0 Å². The maximum Gasteiger partial charge on any atom is 0.221 e. The van der Waals surface area contributed by atoms with E-state index in [2.05, 4.69) is 20.3 Å². The third-order valence-electron chi connectivity index (χ3n) is 6.32. The molecular formula is C28H22ClN7O. The van der Waals surface area contributed by atoms with Gasteiger partial charge >= 0.3 is 0 Å². The normalized spacial score (nSPS) is 11.3. The largest absolute Gasteiger partial charge is 0.345 e. The number of hydrogen-bond acceptors (Lipinski definition) is 4. The fourth-order valence-corrected chi connectivity index (χ4v) is 4.85. The average molecular weight is 508 g/mol. The first-order valence-electron chi connectivity index (χ1n) is 11.7. The maximum atomic E-state index is 11.7. The molecule has 0 atom stereocenters. The SMILES string of the molecule is CC(=O)Nc1ccc(Cl)cc1-c1ccc(-n2c(=N)n(Cc3cccc4[nH]cnc34)c3ccccc32)cn1. The molecule has 182 valence electrons. The summed E-state index contributed by atoms with van der Waals surface area (Å²) in [5, 5.41) is 12.5. The zero-order valence-corrected chi connectivity index (χ0v) is 20.6. The van der Waals surface area contributed by atoms with Gasteiger partial charge in [0.2, 0.25) is 11.5 Å². The third kappa shape index (κ3) is 4.07. The van der Waals surface area contributed by atoms with Gasteiger partial charge in [0, 0.05) is 17.5 Å².